The first kappa shape index (κ1) is 15.0. The molecule has 0 fully saturated rings. The summed E-state index contributed by atoms with van der Waals surface area (Å²) >= 11 is 0. The second kappa shape index (κ2) is 4.93. The van der Waals surface area contributed by atoms with Crippen molar-refractivity contribution >= 4 is 5.69 Å². The van der Waals surface area contributed by atoms with Gasteiger partial charge in [-0.15, -0.1) is 0 Å². The average Bonchev–Trinajstić information content (AvgIpc) is 2.17. The van der Waals surface area contributed by atoms with Crippen LogP contribution in [-0.4, -0.2) is 7.11 Å². The van der Waals surface area contributed by atoms with E-state index in [0.29, 0.717) is 6.61 Å². The van der Waals surface area contributed by atoms with Crippen molar-refractivity contribution in [2.45, 2.75) is 59.0 Å². The van der Waals surface area contributed by atoms with Crippen molar-refractivity contribution in [3.8, 4) is 0 Å². The number of ether oxygens (including phenoxy) is 1. The van der Waals surface area contributed by atoms with Crippen molar-refractivity contribution in [3.05, 3.63) is 28.8 Å². The van der Waals surface area contributed by atoms with Crippen molar-refractivity contribution in [1.29, 1.82) is 0 Å². The molecule has 0 saturated heterocycles. The van der Waals surface area contributed by atoms with Gasteiger partial charge in [0.2, 0.25) is 0 Å². The Morgan fingerprint density at radius 1 is 1.00 bits per heavy atom. The Morgan fingerprint density at radius 3 is 1.94 bits per heavy atom. The van der Waals surface area contributed by atoms with Crippen LogP contribution in [0, 0.1) is 0 Å². The quantitative estimate of drug-likeness (QED) is 0.804. The lowest BCUT2D eigenvalue weighted by Gasteiger charge is -2.28. The molecule has 0 spiro atoms. The van der Waals surface area contributed by atoms with Crippen LogP contribution in [0.4, 0.5) is 5.69 Å². The molecule has 1 aromatic rings. The van der Waals surface area contributed by atoms with Crippen LogP contribution in [-0.2, 0) is 22.2 Å². The third-order valence-corrected chi connectivity index (χ3v) is 3.24. The van der Waals surface area contributed by atoms with Crippen molar-refractivity contribution in [3.63, 3.8) is 0 Å². The van der Waals surface area contributed by atoms with Crippen LogP contribution in [0.5, 0.6) is 0 Å². The maximum Gasteiger partial charge on any atom is 0.0733 e. The number of hydrogen-bond donors (Lipinski definition) is 1. The van der Waals surface area contributed by atoms with E-state index in [2.05, 4.69) is 53.7 Å². The smallest absolute Gasteiger partial charge is 0.0733 e. The maximum absolute atomic E-state index is 6.29. The molecule has 2 heteroatoms. The molecule has 1 rings (SSSR count). The molecule has 0 radical (unpaired) electrons. The van der Waals surface area contributed by atoms with Gasteiger partial charge in [-0.05, 0) is 22.0 Å². The monoisotopic (exact) mass is 249 g/mol. The van der Waals surface area contributed by atoms with Crippen LogP contribution >= 0.6 is 0 Å². The lowest BCUT2D eigenvalue weighted by Crippen LogP contribution is -2.19. The third kappa shape index (κ3) is 3.26. The summed E-state index contributed by atoms with van der Waals surface area (Å²) in [4.78, 5) is 0. The fourth-order valence-corrected chi connectivity index (χ4v) is 2.04. The van der Waals surface area contributed by atoms with E-state index in [1.54, 1.807) is 7.11 Å². The Morgan fingerprint density at radius 2 is 1.56 bits per heavy atom. The Hall–Kier alpha value is -1.02. The number of methoxy groups -OCH3 is 1. The molecular formula is C16H27NO. The van der Waals surface area contributed by atoms with Crippen LogP contribution < -0.4 is 5.73 Å². The van der Waals surface area contributed by atoms with Gasteiger partial charge in [-0.25, -0.2) is 0 Å². The van der Waals surface area contributed by atoms with Gasteiger partial charge in [0.25, 0.3) is 0 Å². The Balaban J connectivity index is 3.47. The first-order valence-electron chi connectivity index (χ1n) is 6.49. The molecule has 0 aliphatic carbocycles. The first-order chi connectivity index (χ1) is 8.07. The van der Waals surface area contributed by atoms with E-state index in [0.717, 1.165) is 11.3 Å². The minimum absolute atomic E-state index is 0.0494. The van der Waals surface area contributed by atoms with Gasteiger partial charge in [0.1, 0.15) is 0 Å². The highest BCUT2D eigenvalue weighted by atomic mass is 16.5. The van der Waals surface area contributed by atoms with Crippen LogP contribution in [0.3, 0.4) is 0 Å². The summed E-state index contributed by atoms with van der Waals surface area (Å²) in [6, 6.07) is 4.42. The topological polar surface area (TPSA) is 35.2 Å². The van der Waals surface area contributed by atoms with Crippen molar-refractivity contribution in [2.24, 2.45) is 0 Å². The van der Waals surface area contributed by atoms with Crippen LogP contribution in [0.2, 0.25) is 0 Å². The second-order valence-electron chi connectivity index (χ2n) is 7.03. The van der Waals surface area contributed by atoms with Crippen LogP contribution in [0.25, 0.3) is 0 Å². The molecule has 0 heterocycles. The van der Waals surface area contributed by atoms with Gasteiger partial charge in [0.05, 0.1) is 6.61 Å². The molecule has 0 aromatic heterocycles. The summed E-state index contributed by atoms with van der Waals surface area (Å²) in [6.45, 7) is 13.8. The Labute approximate surface area is 112 Å². The molecule has 0 saturated carbocycles. The standard InChI is InChI=1S/C16H27NO/c1-15(2,3)12-8-11(10-18-7)14(17)13(9-12)16(4,5)6/h8-9H,10,17H2,1-7H3. The van der Waals surface area contributed by atoms with Crippen LogP contribution in [0.1, 0.15) is 58.2 Å². The van der Waals surface area contributed by atoms with E-state index >= 15 is 0 Å². The summed E-state index contributed by atoms with van der Waals surface area (Å²) < 4.78 is 5.26. The van der Waals surface area contributed by atoms with E-state index in [-0.39, 0.29) is 10.8 Å². The van der Waals surface area contributed by atoms with E-state index in [4.69, 9.17) is 10.5 Å². The average molecular weight is 249 g/mol. The van der Waals surface area contributed by atoms with Gasteiger partial charge >= 0.3 is 0 Å². The van der Waals surface area contributed by atoms with E-state index in [1.807, 2.05) is 0 Å². The molecule has 102 valence electrons. The molecule has 0 aliphatic rings. The zero-order chi connectivity index (χ0) is 14.1. The molecule has 0 amide bonds. The highest BCUT2D eigenvalue weighted by Crippen LogP contribution is 2.35. The molecular weight excluding hydrogens is 222 g/mol. The SMILES string of the molecule is COCc1cc(C(C)(C)C)cc(C(C)(C)C)c1N. The van der Waals surface area contributed by atoms with Gasteiger partial charge in [-0.1, -0.05) is 53.7 Å². The number of hydrogen-bond acceptors (Lipinski definition) is 2. The number of nitrogens with two attached hydrogens (primary N) is 1. The molecule has 2 nitrogen and oxygen atoms in total. The van der Waals surface area contributed by atoms with E-state index in [9.17, 15) is 0 Å². The first-order valence-corrected chi connectivity index (χ1v) is 6.49. The summed E-state index contributed by atoms with van der Waals surface area (Å²) in [6.07, 6.45) is 0. The second-order valence-corrected chi connectivity index (χ2v) is 7.03. The molecule has 18 heavy (non-hydrogen) atoms. The minimum atomic E-state index is 0.0494. The highest BCUT2D eigenvalue weighted by molar-refractivity contribution is 5.59. The maximum atomic E-state index is 6.29. The van der Waals surface area contributed by atoms with E-state index < -0.39 is 0 Å². The third-order valence-electron chi connectivity index (χ3n) is 3.24. The molecule has 0 unspecified atom stereocenters. The molecule has 0 atom stereocenters. The summed E-state index contributed by atoms with van der Waals surface area (Å²) in [5.74, 6) is 0. The lowest BCUT2D eigenvalue weighted by atomic mass is 9.78. The number of anilines is 1. The van der Waals surface area contributed by atoms with E-state index in [1.165, 1.54) is 11.1 Å². The van der Waals surface area contributed by atoms with Gasteiger partial charge < -0.3 is 10.5 Å². The highest BCUT2D eigenvalue weighted by Gasteiger charge is 2.23. The Bertz CT molecular complexity index is 422. The van der Waals surface area contributed by atoms with Gasteiger partial charge in [0, 0.05) is 18.4 Å². The van der Waals surface area contributed by atoms with Crippen molar-refractivity contribution in [2.75, 3.05) is 12.8 Å². The van der Waals surface area contributed by atoms with Crippen molar-refractivity contribution in [1.82, 2.24) is 0 Å². The Kier molecular flexibility index (Phi) is 4.12. The van der Waals surface area contributed by atoms with Gasteiger partial charge in [-0.3, -0.25) is 0 Å². The largest absolute Gasteiger partial charge is 0.398 e. The summed E-state index contributed by atoms with van der Waals surface area (Å²) in [5.41, 5.74) is 10.9. The predicted molar refractivity (Wildman–Crippen MR) is 79.0 cm³/mol. The summed E-state index contributed by atoms with van der Waals surface area (Å²) in [5, 5.41) is 0. The lowest BCUT2D eigenvalue weighted by molar-refractivity contribution is 0.185. The minimum Gasteiger partial charge on any atom is -0.398 e. The zero-order valence-corrected chi connectivity index (χ0v) is 12.8. The summed E-state index contributed by atoms with van der Waals surface area (Å²) in [7, 11) is 1.71. The fourth-order valence-electron chi connectivity index (χ4n) is 2.04. The van der Waals surface area contributed by atoms with Gasteiger partial charge in [-0.2, -0.15) is 0 Å². The zero-order valence-electron chi connectivity index (χ0n) is 12.8. The van der Waals surface area contributed by atoms with Gasteiger partial charge in [0.15, 0.2) is 0 Å². The normalized spacial score (nSPS) is 12.8. The number of nitrogen functional groups attached to an aromatic ring is 1. The van der Waals surface area contributed by atoms with Crippen LogP contribution in [0.15, 0.2) is 12.1 Å². The number of rotatable bonds is 2. The molecule has 0 bridgehead atoms. The predicted octanol–water partition coefficient (Wildman–Crippen LogP) is 4.01. The van der Waals surface area contributed by atoms with Crippen molar-refractivity contribution < 1.29 is 4.74 Å². The molecule has 1 aromatic carbocycles. The fraction of sp³-hybridized carbons (Fsp3) is 0.625. The number of benzene rings is 1. The molecule has 0 aliphatic heterocycles. The molecule has 2 N–H and O–H groups in total.